The van der Waals surface area contributed by atoms with Crippen molar-refractivity contribution in [3.8, 4) is 5.75 Å². The van der Waals surface area contributed by atoms with E-state index in [9.17, 15) is 14.9 Å². The number of carbonyl (C=O) groups excluding carboxylic acids is 1. The smallest absolute Gasteiger partial charge is 0.270 e. The molecular weight excluding hydrogens is 436 g/mol. The Balaban J connectivity index is 1.54. The maximum absolute atomic E-state index is 12.3. The Bertz CT molecular complexity index is 1120. The molecule has 3 aromatic rings. The first-order chi connectivity index (χ1) is 15.4. The Morgan fingerprint density at radius 3 is 2.53 bits per heavy atom. The summed E-state index contributed by atoms with van der Waals surface area (Å²) in [6, 6.07) is 13.0. The van der Waals surface area contributed by atoms with Crippen LogP contribution in [0.2, 0.25) is 5.02 Å². The van der Waals surface area contributed by atoms with Crippen molar-refractivity contribution in [1.82, 2.24) is 15.3 Å². The summed E-state index contributed by atoms with van der Waals surface area (Å²) in [5.74, 6) is 1.35. The highest BCUT2D eigenvalue weighted by molar-refractivity contribution is 6.34. The number of aryl methyl sites for hydroxylation is 1. The van der Waals surface area contributed by atoms with Crippen molar-refractivity contribution < 1.29 is 14.5 Å². The average Bonchev–Trinajstić information content (AvgIpc) is 2.76. The lowest BCUT2D eigenvalue weighted by Gasteiger charge is -2.11. The van der Waals surface area contributed by atoms with Gasteiger partial charge in [0.25, 0.3) is 11.6 Å². The molecule has 3 N–H and O–H groups in total. The third-order valence-electron chi connectivity index (χ3n) is 4.32. The number of ether oxygens (including phenoxy) is 1. The molecule has 0 bridgehead atoms. The van der Waals surface area contributed by atoms with E-state index in [0.717, 1.165) is 23.2 Å². The van der Waals surface area contributed by atoms with Crippen molar-refractivity contribution >= 4 is 40.6 Å². The number of anilines is 3. The molecule has 166 valence electrons. The second-order valence-electron chi connectivity index (χ2n) is 6.68. The predicted octanol–water partition coefficient (Wildman–Crippen LogP) is 3.94. The van der Waals surface area contributed by atoms with E-state index in [4.69, 9.17) is 16.3 Å². The predicted molar refractivity (Wildman–Crippen MR) is 122 cm³/mol. The van der Waals surface area contributed by atoms with Crippen LogP contribution in [0.1, 0.15) is 16.1 Å². The molecule has 32 heavy (non-hydrogen) atoms. The summed E-state index contributed by atoms with van der Waals surface area (Å²) in [6.45, 7) is 2.48. The molecule has 0 spiro atoms. The molecule has 10 nitrogen and oxygen atoms in total. The number of methoxy groups -OCH3 is 1. The molecular formula is C21H21ClN6O4. The van der Waals surface area contributed by atoms with E-state index in [2.05, 4.69) is 25.9 Å². The Kier molecular flexibility index (Phi) is 7.40. The van der Waals surface area contributed by atoms with Gasteiger partial charge >= 0.3 is 0 Å². The first-order valence-electron chi connectivity index (χ1n) is 9.58. The summed E-state index contributed by atoms with van der Waals surface area (Å²) in [5, 5.41) is 19.7. The Morgan fingerprint density at radius 2 is 1.88 bits per heavy atom. The van der Waals surface area contributed by atoms with Crippen LogP contribution < -0.4 is 20.7 Å². The molecule has 0 atom stereocenters. The van der Waals surface area contributed by atoms with Crippen molar-refractivity contribution in [2.45, 2.75) is 6.92 Å². The molecule has 0 saturated carbocycles. The topological polar surface area (TPSA) is 131 Å². The van der Waals surface area contributed by atoms with E-state index in [-0.39, 0.29) is 22.8 Å². The number of carbonyl (C=O) groups is 1. The van der Waals surface area contributed by atoms with Crippen LogP contribution in [0.4, 0.5) is 23.1 Å². The molecule has 0 aliphatic heterocycles. The third kappa shape index (κ3) is 6.05. The lowest BCUT2D eigenvalue weighted by molar-refractivity contribution is -0.384. The number of non-ortho nitro benzene ring substituents is 1. The van der Waals surface area contributed by atoms with Crippen LogP contribution in [0.25, 0.3) is 0 Å². The fourth-order valence-corrected chi connectivity index (χ4v) is 3.04. The van der Waals surface area contributed by atoms with E-state index >= 15 is 0 Å². The number of aromatic nitrogens is 2. The fraction of sp³-hybridized carbons (Fsp3) is 0.190. The zero-order valence-corrected chi connectivity index (χ0v) is 18.1. The highest BCUT2D eigenvalue weighted by Gasteiger charge is 2.14. The largest absolute Gasteiger partial charge is 0.497 e. The molecule has 0 fully saturated rings. The number of halogens is 1. The number of amides is 1. The summed E-state index contributed by atoms with van der Waals surface area (Å²) >= 11 is 5.98. The Morgan fingerprint density at radius 1 is 1.12 bits per heavy atom. The van der Waals surface area contributed by atoms with Crippen molar-refractivity contribution in [2.75, 3.05) is 30.8 Å². The number of nitrogens with zero attached hydrogens (tertiary/aromatic N) is 3. The van der Waals surface area contributed by atoms with Crippen LogP contribution >= 0.6 is 11.6 Å². The number of nitro benzene ring substituents is 1. The number of benzene rings is 2. The molecule has 0 aliphatic rings. The van der Waals surface area contributed by atoms with Gasteiger partial charge in [0.1, 0.15) is 11.6 Å². The van der Waals surface area contributed by atoms with E-state index in [1.54, 1.807) is 7.11 Å². The zero-order valence-electron chi connectivity index (χ0n) is 17.4. The number of nitrogens with one attached hydrogen (secondary N) is 3. The number of rotatable bonds is 9. The molecule has 2 aromatic carbocycles. The van der Waals surface area contributed by atoms with Gasteiger partial charge in [0.2, 0.25) is 5.95 Å². The summed E-state index contributed by atoms with van der Waals surface area (Å²) in [5.41, 5.74) is 1.60. The van der Waals surface area contributed by atoms with Gasteiger partial charge in [0.05, 0.1) is 22.6 Å². The van der Waals surface area contributed by atoms with Crippen LogP contribution in [-0.4, -0.2) is 41.0 Å². The molecule has 0 unspecified atom stereocenters. The summed E-state index contributed by atoms with van der Waals surface area (Å²) in [6.07, 6.45) is 0. The number of hydrogen-bond acceptors (Lipinski definition) is 8. The minimum absolute atomic E-state index is 0.0147. The van der Waals surface area contributed by atoms with E-state index in [1.165, 1.54) is 12.1 Å². The van der Waals surface area contributed by atoms with Gasteiger partial charge in [-0.05, 0) is 37.3 Å². The number of nitro groups is 1. The molecule has 1 aromatic heterocycles. The first kappa shape index (κ1) is 22.8. The summed E-state index contributed by atoms with van der Waals surface area (Å²) in [4.78, 5) is 31.2. The summed E-state index contributed by atoms with van der Waals surface area (Å²) < 4.78 is 5.15. The zero-order chi connectivity index (χ0) is 23.1. The average molecular weight is 457 g/mol. The van der Waals surface area contributed by atoms with Crippen LogP contribution in [0.15, 0.2) is 48.5 Å². The van der Waals surface area contributed by atoms with Crippen molar-refractivity contribution in [2.24, 2.45) is 0 Å². The molecule has 0 radical (unpaired) electrons. The minimum Gasteiger partial charge on any atom is -0.497 e. The SMILES string of the molecule is COc1ccc(Nc2cc(C)nc(NCCNC(=O)c3ccc([N+](=O)[O-])cc3Cl)n2)cc1. The van der Waals surface area contributed by atoms with Gasteiger partial charge in [0, 0.05) is 42.7 Å². The maximum Gasteiger partial charge on any atom is 0.270 e. The van der Waals surface area contributed by atoms with Gasteiger partial charge in [0.15, 0.2) is 0 Å². The van der Waals surface area contributed by atoms with Gasteiger partial charge in [-0.15, -0.1) is 0 Å². The Labute approximate surface area is 189 Å². The maximum atomic E-state index is 12.3. The lowest BCUT2D eigenvalue weighted by atomic mass is 10.2. The minimum atomic E-state index is -0.572. The van der Waals surface area contributed by atoms with Gasteiger partial charge in [-0.3, -0.25) is 14.9 Å². The third-order valence-corrected chi connectivity index (χ3v) is 4.63. The van der Waals surface area contributed by atoms with Gasteiger partial charge in [-0.25, -0.2) is 4.98 Å². The van der Waals surface area contributed by atoms with E-state index in [0.29, 0.717) is 18.3 Å². The molecule has 0 aliphatic carbocycles. The molecule has 1 amide bonds. The van der Waals surface area contributed by atoms with Crippen LogP contribution in [-0.2, 0) is 0 Å². The van der Waals surface area contributed by atoms with Gasteiger partial charge < -0.3 is 20.7 Å². The molecule has 0 saturated heterocycles. The molecule has 1 heterocycles. The highest BCUT2D eigenvalue weighted by Crippen LogP contribution is 2.22. The van der Waals surface area contributed by atoms with Crippen LogP contribution in [0.3, 0.4) is 0 Å². The lowest BCUT2D eigenvalue weighted by Crippen LogP contribution is -2.29. The van der Waals surface area contributed by atoms with Crippen molar-refractivity contribution in [1.29, 1.82) is 0 Å². The van der Waals surface area contributed by atoms with Gasteiger partial charge in [-0.1, -0.05) is 11.6 Å². The van der Waals surface area contributed by atoms with Crippen molar-refractivity contribution in [3.63, 3.8) is 0 Å². The van der Waals surface area contributed by atoms with E-state index < -0.39 is 10.8 Å². The highest BCUT2D eigenvalue weighted by atomic mass is 35.5. The number of hydrogen-bond donors (Lipinski definition) is 3. The van der Waals surface area contributed by atoms with Crippen molar-refractivity contribution in [3.05, 3.63) is 74.9 Å². The molecule has 3 rings (SSSR count). The monoisotopic (exact) mass is 456 g/mol. The molecule has 11 heteroatoms. The van der Waals surface area contributed by atoms with Crippen LogP contribution in [0, 0.1) is 17.0 Å². The second kappa shape index (κ2) is 10.4. The normalized spacial score (nSPS) is 10.3. The quantitative estimate of drug-likeness (QED) is 0.250. The van der Waals surface area contributed by atoms with Crippen LogP contribution in [0.5, 0.6) is 5.75 Å². The summed E-state index contributed by atoms with van der Waals surface area (Å²) in [7, 11) is 1.61. The fourth-order valence-electron chi connectivity index (χ4n) is 2.78. The first-order valence-corrected chi connectivity index (χ1v) is 9.96. The van der Waals surface area contributed by atoms with Gasteiger partial charge in [-0.2, -0.15) is 4.98 Å². The van der Waals surface area contributed by atoms with E-state index in [1.807, 2.05) is 37.3 Å². The standard InChI is InChI=1S/C21H21ClN6O4/c1-13-11-19(26-14-3-6-16(32-2)7-4-14)27-21(25-13)24-10-9-23-20(29)17-8-5-15(28(30)31)12-18(17)22/h3-8,11-12H,9-10H2,1-2H3,(H,23,29)(H2,24,25,26,27). The second-order valence-corrected chi connectivity index (χ2v) is 7.08. The Hall–Kier alpha value is -3.92.